The number of benzene rings is 2. The molecule has 0 bridgehead atoms. The molecule has 3 aromatic rings. The van der Waals surface area contributed by atoms with Gasteiger partial charge < -0.3 is 5.73 Å². The largest absolute Gasteiger partial charge is 0.383 e. The molecular formula is C18H16N2. The molecule has 0 aliphatic carbocycles. The summed E-state index contributed by atoms with van der Waals surface area (Å²) in [5.74, 6) is 0.581. The highest BCUT2D eigenvalue weighted by molar-refractivity contribution is 5.78. The van der Waals surface area contributed by atoms with Gasteiger partial charge in [-0.2, -0.15) is 0 Å². The normalized spacial score (nSPS) is 10.4. The van der Waals surface area contributed by atoms with Crippen LogP contribution in [0, 0.1) is 6.92 Å². The van der Waals surface area contributed by atoms with Crippen LogP contribution < -0.4 is 5.73 Å². The molecule has 0 amide bonds. The number of nitrogens with zero attached hydrogens (tertiary/aromatic N) is 1. The van der Waals surface area contributed by atoms with Crippen LogP contribution in [0.1, 0.15) is 5.56 Å². The van der Waals surface area contributed by atoms with Crippen molar-refractivity contribution in [2.75, 3.05) is 5.73 Å². The molecule has 0 saturated carbocycles. The van der Waals surface area contributed by atoms with E-state index in [1.807, 2.05) is 24.3 Å². The Balaban J connectivity index is 2.02. The van der Waals surface area contributed by atoms with Crippen LogP contribution in [0.2, 0.25) is 0 Å². The number of aromatic nitrogens is 1. The average molecular weight is 260 g/mol. The summed E-state index contributed by atoms with van der Waals surface area (Å²) in [6, 6.07) is 20.8. The van der Waals surface area contributed by atoms with E-state index in [0.29, 0.717) is 5.82 Å². The molecule has 98 valence electrons. The number of pyridine rings is 1. The molecule has 0 fully saturated rings. The van der Waals surface area contributed by atoms with Gasteiger partial charge in [-0.25, -0.2) is 4.98 Å². The van der Waals surface area contributed by atoms with Gasteiger partial charge in [-0.3, -0.25) is 0 Å². The Bertz CT molecular complexity index is 696. The van der Waals surface area contributed by atoms with E-state index in [1.54, 1.807) is 6.20 Å². The van der Waals surface area contributed by atoms with Crippen molar-refractivity contribution in [3.8, 4) is 22.3 Å². The van der Waals surface area contributed by atoms with Gasteiger partial charge in [0.1, 0.15) is 5.82 Å². The summed E-state index contributed by atoms with van der Waals surface area (Å²) in [4.78, 5) is 4.17. The van der Waals surface area contributed by atoms with E-state index in [0.717, 1.165) is 16.7 Å². The Morgan fingerprint density at radius 1 is 0.750 bits per heavy atom. The molecule has 2 nitrogen and oxygen atoms in total. The van der Waals surface area contributed by atoms with Crippen molar-refractivity contribution < 1.29 is 0 Å². The Morgan fingerprint density at radius 3 is 2.00 bits per heavy atom. The van der Waals surface area contributed by atoms with E-state index in [2.05, 4.69) is 48.3 Å². The van der Waals surface area contributed by atoms with Crippen LogP contribution in [-0.2, 0) is 0 Å². The molecule has 0 saturated heterocycles. The van der Waals surface area contributed by atoms with Crippen molar-refractivity contribution in [3.05, 3.63) is 72.4 Å². The van der Waals surface area contributed by atoms with Crippen LogP contribution in [0.15, 0.2) is 66.9 Å². The second-order valence-electron chi connectivity index (χ2n) is 4.83. The third kappa shape index (κ3) is 2.28. The number of rotatable bonds is 2. The summed E-state index contributed by atoms with van der Waals surface area (Å²) in [5.41, 5.74) is 11.7. The molecule has 0 unspecified atom stereocenters. The topological polar surface area (TPSA) is 38.9 Å². The summed E-state index contributed by atoms with van der Waals surface area (Å²) in [5, 5.41) is 0. The lowest BCUT2D eigenvalue weighted by molar-refractivity contribution is 1.29. The van der Waals surface area contributed by atoms with Crippen molar-refractivity contribution in [1.82, 2.24) is 4.98 Å². The zero-order chi connectivity index (χ0) is 13.9. The predicted molar refractivity (Wildman–Crippen MR) is 84.3 cm³/mol. The van der Waals surface area contributed by atoms with Crippen LogP contribution in [0.5, 0.6) is 0 Å². The molecule has 0 atom stereocenters. The van der Waals surface area contributed by atoms with Crippen LogP contribution >= 0.6 is 0 Å². The Labute approximate surface area is 118 Å². The molecule has 2 aromatic carbocycles. The quantitative estimate of drug-likeness (QED) is 0.745. The van der Waals surface area contributed by atoms with E-state index in [4.69, 9.17) is 5.73 Å². The third-order valence-electron chi connectivity index (χ3n) is 3.47. The Kier molecular flexibility index (Phi) is 3.21. The first kappa shape index (κ1) is 12.4. The van der Waals surface area contributed by atoms with Crippen molar-refractivity contribution in [2.24, 2.45) is 0 Å². The van der Waals surface area contributed by atoms with E-state index in [-0.39, 0.29) is 0 Å². The zero-order valence-corrected chi connectivity index (χ0v) is 11.4. The third-order valence-corrected chi connectivity index (χ3v) is 3.47. The predicted octanol–water partition coefficient (Wildman–Crippen LogP) is 4.31. The fourth-order valence-corrected chi connectivity index (χ4v) is 2.41. The lowest BCUT2D eigenvalue weighted by Crippen LogP contribution is -1.96. The summed E-state index contributed by atoms with van der Waals surface area (Å²) < 4.78 is 0. The first-order chi connectivity index (χ1) is 9.75. The number of aryl methyl sites for hydroxylation is 1. The second kappa shape index (κ2) is 5.17. The van der Waals surface area contributed by atoms with Crippen molar-refractivity contribution in [2.45, 2.75) is 6.92 Å². The van der Waals surface area contributed by atoms with Crippen molar-refractivity contribution in [1.29, 1.82) is 0 Å². The highest BCUT2D eigenvalue weighted by atomic mass is 14.8. The highest BCUT2D eigenvalue weighted by Gasteiger charge is 2.07. The van der Waals surface area contributed by atoms with Gasteiger partial charge in [-0.05, 0) is 35.2 Å². The van der Waals surface area contributed by atoms with Crippen molar-refractivity contribution in [3.63, 3.8) is 0 Å². The minimum atomic E-state index is 0.581. The summed E-state index contributed by atoms with van der Waals surface area (Å²) in [7, 11) is 0. The first-order valence-corrected chi connectivity index (χ1v) is 6.62. The number of hydrogen-bond donors (Lipinski definition) is 1. The number of hydrogen-bond acceptors (Lipinski definition) is 2. The monoisotopic (exact) mass is 260 g/mol. The summed E-state index contributed by atoms with van der Waals surface area (Å²) in [6.45, 7) is 2.05. The first-order valence-electron chi connectivity index (χ1n) is 6.62. The van der Waals surface area contributed by atoms with Crippen LogP contribution in [0.25, 0.3) is 22.3 Å². The standard InChI is InChI=1S/C18H16N2/c1-13-11-12-20-18(19)17(13)16-9-7-15(8-10-16)14-5-3-2-4-6-14/h2-12H,1H3,(H2,19,20). The number of nitrogens with two attached hydrogens (primary N) is 1. The Morgan fingerprint density at radius 2 is 1.35 bits per heavy atom. The van der Waals surface area contributed by atoms with Gasteiger partial charge >= 0.3 is 0 Å². The smallest absolute Gasteiger partial charge is 0.131 e. The molecular weight excluding hydrogens is 244 g/mol. The maximum absolute atomic E-state index is 5.99. The number of anilines is 1. The SMILES string of the molecule is Cc1ccnc(N)c1-c1ccc(-c2ccccc2)cc1. The molecule has 0 spiro atoms. The Hall–Kier alpha value is -2.61. The fraction of sp³-hybridized carbons (Fsp3) is 0.0556. The van der Waals surface area contributed by atoms with Gasteiger partial charge in [0.15, 0.2) is 0 Å². The molecule has 0 radical (unpaired) electrons. The highest BCUT2D eigenvalue weighted by Crippen LogP contribution is 2.29. The van der Waals surface area contributed by atoms with Crippen LogP contribution in [0.4, 0.5) is 5.82 Å². The molecule has 0 aliphatic rings. The van der Waals surface area contributed by atoms with Crippen LogP contribution in [0.3, 0.4) is 0 Å². The second-order valence-corrected chi connectivity index (χ2v) is 4.83. The van der Waals surface area contributed by atoms with Crippen LogP contribution in [-0.4, -0.2) is 4.98 Å². The van der Waals surface area contributed by atoms with Crippen molar-refractivity contribution >= 4 is 5.82 Å². The van der Waals surface area contributed by atoms with Gasteiger partial charge in [0.25, 0.3) is 0 Å². The van der Waals surface area contributed by atoms with E-state index in [9.17, 15) is 0 Å². The molecule has 1 heterocycles. The lowest BCUT2D eigenvalue weighted by atomic mass is 9.98. The maximum atomic E-state index is 5.99. The minimum Gasteiger partial charge on any atom is -0.383 e. The zero-order valence-electron chi connectivity index (χ0n) is 11.4. The van der Waals surface area contributed by atoms with E-state index < -0.39 is 0 Å². The summed E-state index contributed by atoms with van der Waals surface area (Å²) >= 11 is 0. The molecule has 3 rings (SSSR count). The van der Waals surface area contributed by atoms with Gasteiger partial charge in [-0.15, -0.1) is 0 Å². The molecule has 20 heavy (non-hydrogen) atoms. The van der Waals surface area contributed by atoms with E-state index in [1.165, 1.54) is 11.1 Å². The minimum absolute atomic E-state index is 0.581. The van der Waals surface area contributed by atoms with Gasteiger partial charge in [0, 0.05) is 11.8 Å². The molecule has 1 aromatic heterocycles. The van der Waals surface area contributed by atoms with Gasteiger partial charge in [0.05, 0.1) is 0 Å². The maximum Gasteiger partial charge on any atom is 0.131 e. The molecule has 0 aliphatic heterocycles. The lowest BCUT2D eigenvalue weighted by Gasteiger charge is -2.09. The molecule has 2 N–H and O–H groups in total. The van der Waals surface area contributed by atoms with E-state index >= 15 is 0 Å². The summed E-state index contributed by atoms with van der Waals surface area (Å²) in [6.07, 6.45) is 1.74. The fourth-order valence-electron chi connectivity index (χ4n) is 2.41. The molecule has 2 heteroatoms. The number of nitrogen functional groups attached to an aromatic ring is 1. The van der Waals surface area contributed by atoms with Gasteiger partial charge in [0.2, 0.25) is 0 Å². The van der Waals surface area contributed by atoms with Gasteiger partial charge in [-0.1, -0.05) is 54.6 Å². The average Bonchev–Trinajstić information content (AvgIpc) is 2.49.